The molecule has 0 unspecified atom stereocenters. The van der Waals surface area contributed by atoms with Gasteiger partial charge in [-0.2, -0.15) is 0 Å². The summed E-state index contributed by atoms with van der Waals surface area (Å²) in [7, 11) is 0. The van der Waals surface area contributed by atoms with Crippen LogP contribution in [0, 0.1) is 0 Å². The Morgan fingerprint density at radius 1 is 0.944 bits per heavy atom. The van der Waals surface area contributed by atoms with E-state index in [-0.39, 0.29) is 10.5 Å². The van der Waals surface area contributed by atoms with Gasteiger partial charge < -0.3 is 0 Å². The average molecular weight is 256 g/mol. The molecule has 2 aromatic carbocycles. The predicted octanol–water partition coefficient (Wildman–Crippen LogP) is 3.84. The highest BCUT2D eigenvalue weighted by Crippen LogP contribution is 2.35. The largest absolute Gasteiger partial charge is 0.287 e. The van der Waals surface area contributed by atoms with E-state index in [0.29, 0.717) is 6.42 Å². The van der Waals surface area contributed by atoms with Gasteiger partial charge in [-0.05, 0) is 11.1 Å². The molecule has 0 aromatic heterocycles. The Labute approximate surface area is 113 Å². The number of carbonyl (C=O) groups excluding carboxylic acids is 1. The second-order valence-corrected chi connectivity index (χ2v) is 5.13. The molecule has 0 saturated heterocycles. The van der Waals surface area contributed by atoms with Crippen LogP contribution < -0.4 is 0 Å². The first-order chi connectivity index (χ1) is 8.63. The van der Waals surface area contributed by atoms with E-state index in [1.165, 1.54) is 0 Å². The van der Waals surface area contributed by atoms with E-state index < -0.39 is 0 Å². The minimum Gasteiger partial charge on any atom is -0.287 e. The summed E-state index contributed by atoms with van der Waals surface area (Å²) >= 11 is 3.95. The van der Waals surface area contributed by atoms with Crippen LogP contribution in [0.15, 0.2) is 60.7 Å². The first-order valence-corrected chi connectivity index (χ1v) is 6.40. The smallest absolute Gasteiger partial charge is 0.187 e. The first kappa shape index (κ1) is 12.9. The van der Waals surface area contributed by atoms with Gasteiger partial charge in [0.25, 0.3) is 0 Å². The molecule has 0 radical (unpaired) electrons. The summed E-state index contributed by atoms with van der Waals surface area (Å²) < 4.78 is 0. The van der Waals surface area contributed by atoms with Crippen molar-refractivity contribution in [2.75, 3.05) is 0 Å². The molecule has 0 N–H and O–H groups in total. The number of hydrogen-bond donors (Lipinski definition) is 1. The van der Waals surface area contributed by atoms with Gasteiger partial charge >= 0.3 is 0 Å². The summed E-state index contributed by atoms with van der Waals surface area (Å²) in [6.45, 7) is 2.09. The minimum atomic E-state index is -0.318. The van der Waals surface area contributed by atoms with Crippen molar-refractivity contribution in [3.05, 3.63) is 71.8 Å². The van der Waals surface area contributed by atoms with E-state index in [2.05, 4.69) is 43.8 Å². The van der Waals surface area contributed by atoms with Crippen LogP contribution in [0.3, 0.4) is 0 Å². The van der Waals surface area contributed by atoms with Crippen molar-refractivity contribution in [3.63, 3.8) is 0 Å². The van der Waals surface area contributed by atoms with Gasteiger partial charge in [0.1, 0.15) is 0 Å². The molecule has 92 valence electrons. The van der Waals surface area contributed by atoms with Crippen LogP contribution in [-0.4, -0.2) is 5.12 Å². The van der Waals surface area contributed by atoms with Gasteiger partial charge in [-0.25, -0.2) is 0 Å². The van der Waals surface area contributed by atoms with Crippen molar-refractivity contribution < 1.29 is 4.79 Å². The SMILES string of the molecule is CC(CC(=O)S)(c1ccccc1)c1ccccc1. The molecule has 0 aliphatic carbocycles. The van der Waals surface area contributed by atoms with Gasteiger partial charge in [0.2, 0.25) is 0 Å². The Hall–Kier alpha value is -1.54. The van der Waals surface area contributed by atoms with E-state index in [9.17, 15) is 4.79 Å². The second kappa shape index (κ2) is 5.40. The van der Waals surface area contributed by atoms with Crippen molar-refractivity contribution in [1.82, 2.24) is 0 Å². The van der Waals surface area contributed by atoms with Crippen LogP contribution in [0.1, 0.15) is 24.5 Å². The standard InChI is InChI=1S/C16H16OS/c1-16(12-15(17)18,13-8-4-2-5-9-13)14-10-6-3-7-11-14/h2-11H,12H2,1H3,(H,17,18). The lowest BCUT2D eigenvalue weighted by atomic mass is 9.74. The van der Waals surface area contributed by atoms with Crippen LogP contribution in [-0.2, 0) is 10.2 Å². The third kappa shape index (κ3) is 2.65. The van der Waals surface area contributed by atoms with Crippen LogP contribution in [0.2, 0.25) is 0 Å². The number of benzene rings is 2. The van der Waals surface area contributed by atoms with Crippen LogP contribution in [0.25, 0.3) is 0 Å². The lowest BCUT2D eigenvalue weighted by Gasteiger charge is -2.29. The predicted molar refractivity (Wildman–Crippen MR) is 77.9 cm³/mol. The van der Waals surface area contributed by atoms with Crippen molar-refractivity contribution >= 4 is 17.7 Å². The Balaban J connectivity index is 2.51. The Kier molecular flexibility index (Phi) is 3.87. The van der Waals surface area contributed by atoms with Crippen LogP contribution >= 0.6 is 12.6 Å². The first-order valence-electron chi connectivity index (χ1n) is 5.96. The van der Waals surface area contributed by atoms with E-state index in [4.69, 9.17) is 0 Å². The van der Waals surface area contributed by atoms with Crippen LogP contribution in [0.4, 0.5) is 0 Å². The fourth-order valence-electron chi connectivity index (χ4n) is 2.29. The molecule has 2 rings (SSSR count). The summed E-state index contributed by atoms with van der Waals surface area (Å²) in [5.74, 6) is 0. The van der Waals surface area contributed by atoms with Gasteiger partial charge in [-0.3, -0.25) is 4.79 Å². The van der Waals surface area contributed by atoms with Gasteiger partial charge in [0.15, 0.2) is 5.12 Å². The molecule has 0 fully saturated rings. The van der Waals surface area contributed by atoms with Crippen molar-refractivity contribution in [1.29, 1.82) is 0 Å². The molecule has 0 bridgehead atoms. The molecule has 18 heavy (non-hydrogen) atoms. The van der Waals surface area contributed by atoms with Crippen molar-refractivity contribution in [2.45, 2.75) is 18.8 Å². The minimum absolute atomic E-state index is 0.0924. The summed E-state index contributed by atoms with van der Waals surface area (Å²) in [6, 6.07) is 20.2. The highest BCUT2D eigenvalue weighted by molar-refractivity contribution is 7.96. The fourth-order valence-corrected chi connectivity index (χ4v) is 2.60. The number of hydrogen-bond acceptors (Lipinski definition) is 1. The Bertz CT molecular complexity index is 480. The van der Waals surface area contributed by atoms with E-state index in [1.807, 2.05) is 36.4 Å². The molecule has 0 saturated carbocycles. The maximum Gasteiger partial charge on any atom is 0.187 e. The van der Waals surface area contributed by atoms with E-state index >= 15 is 0 Å². The topological polar surface area (TPSA) is 17.1 Å². The highest BCUT2D eigenvalue weighted by Gasteiger charge is 2.30. The fraction of sp³-hybridized carbons (Fsp3) is 0.188. The summed E-state index contributed by atoms with van der Waals surface area (Å²) in [5.41, 5.74) is 1.96. The lowest BCUT2D eigenvalue weighted by molar-refractivity contribution is -0.111. The van der Waals surface area contributed by atoms with Crippen molar-refractivity contribution in [2.24, 2.45) is 0 Å². The maximum absolute atomic E-state index is 11.5. The molecule has 2 heteroatoms. The third-order valence-electron chi connectivity index (χ3n) is 3.33. The van der Waals surface area contributed by atoms with Gasteiger partial charge in [0, 0.05) is 11.8 Å². The zero-order valence-corrected chi connectivity index (χ0v) is 11.2. The Morgan fingerprint density at radius 2 is 1.33 bits per heavy atom. The quantitative estimate of drug-likeness (QED) is 0.822. The molecule has 0 aliphatic rings. The summed E-state index contributed by atoms with van der Waals surface area (Å²) in [5, 5.41) is -0.0924. The van der Waals surface area contributed by atoms with E-state index in [1.54, 1.807) is 0 Å². The lowest BCUT2D eigenvalue weighted by Crippen LogP contribution is -2.25. The van der Waals surface area contributed by atoms with Gasteiger partial charge in [0.05, 0.1) is 0 Å². The molecule has 1 nitrogen and oxygen atoms in total. The molecule has 0 spiro atoms. The van der Waals surface area contributed by atoms with Gasteiger partial charge in [-0.1, -0.05) is 67.6 Å². The summed E-state index contributed by atoms with van der Waals surface area (Å²) in [6.07, 6.45) is 0.393. The molecule has 0 amide bonds. The maximum atomic E-state index is 11.5. The monoisotopic (exact) mass is 256 g/mol. The van der Waals surface area contributed by atoms with Crippen molar-refractivity contribution in [3.8, 4) is 0 Å². The molecule has 0 atom stereocenters. The molecular weight excluding hydrogens is 240 g/mol. The number of carbonyl (C=O) groups is 1. The normalized spacial score (nSPS) is 11.2. The second-order valence-electron chi connectivity index (χ2n) is 4.63. The zero-order valence-electron chi connectivity index (χ0n) is 10.3. The molecule has 0 heterocycles. The third-order valence-corrected chi connectivity index (χ3v) is 3.48. The molecule has 2 aromatic rings. The average Bonchev–Trinajstić information content (AvgIpc) is 2.40. The highest BCUT2D eigenvalue weighted by atomic mass is 32.1. The summed E-state index contributed by atoms with van der Waals surface area (Å²) in [4.78, 5) is 11.5. The molecular formula is C16H16OS. The Morgan fingerprint density at radius 3 is 1.67 bits per heavy atom. The van der Waals surface area contributed by atoms with Crippen LogP contribution in [0.5, 0.6) is 0 Å². The van der Waals surface area contributed by atoms with E-state index in [0.717, 1.165) is 11.1 Å². The number of thiol groups is 1. The van der Waals surface area contributed by atoms with Gasteiger partial charge in [-0.15, -0.1) is 12.6 Å². The number of rotatable bonds is 4. The molecule has 0 aliphatic heterocycles. The zero-order chi connectivity index (χ0) is 13.0.